The maximum absolute atomic E-state index is 9.92. The molecule has 0 amide bonds. The van der Waals surface area contributed by atoms with Gasteiger partial charge in [0.1, 0.15) is 28.3 Å². The summed E-state index contributed by atoms with van der Waals surface area (Å²) in [6, 6.07) is 28.3. The van der Waals surface area contributed by atoms with Crippen molar-refractivity contribution in [2.75, 3.05) is 0 Å². The molecule has 5 nitrogen and oxygen atoms in total. The summed E-state index contributed by atoms with van der Waals surface area (Å²) >= 11 is 0. The van der Waals surface area contributed by atoms with Gasteiger partial charge in [-0.3, -0.25) is 4.57 Å². The minimum absolute atomic E-state index is 0.0116. The SMILES string of the molecule is [2H]C1([2H])c2cc(C)c(C(C)(C)C)c(C)c2C[C@]2(C)OC(c3cc(Oc4cc(-n5c6ccc(C(C)(C)C)cc6c6c(C)ccnc65)cc(C(C)(C)C)c4)cc(-c4c(C)cc(C)cc4C)c3)=N[C@@]12C. The van der Waals surface area contributed by atoms with E-state index in [1.807, 2.05) is 26.1 Å². The van der Waals surface area contributed by atoms with Crippen LogP contribution in [0.15, 0.2) is 90.1 Å². The Kier molecular flexibility index (Phi) is 9.64. The summed E-state index contributed by atoms with van der Waals surface area (Å²) in [5.41, 5.74) is 15.7. The highest BCUT2D eigenvalue weighted by Gasteiger charge is 2.55. The van der Waals surface area contributed by atoms with Gasteiger partial charge in [-0.1, -0.05) is 92.1 Å². The largest absolute Gasteiger partial charge is 0.468 e. The van der Waals surface area contributed by atoms with Gasteiger partial charge in [-0.2, -0.15) is 0 Å². The third-order valence-electron chi connectivity index (χ3n) is 14.3. The fourth-order valence-electron chi connectivity index (χ4n) is 11.0. The Bertz CT molecular complexity index is 3220. The number of hydrogen-bond acceptors (Lipinski definition) is 4. The van der Waals surface area contributed by atoms with E-state index in [1.165, 1.54) is 27.6 Å². The first-order chi connectivity index (χ1) is 31.0. The quantitative estimate of drug-likeness (QED) is 0.173. The highest BCUT2D eigenvalue weighted by atomic mass is 16.5. The lowest BCUT2D eigenvalue weighted by Gasteiger charge is -2.44. The molecule has 0 saturated carbocycles. The maximum atomic E-state index is 9.92. The zero-order chi connectivity index (χ0) is 48.7. The van der Waals surface area contributed by atoms with Crippen molar-refractivity contribution in [2.24, 2.45) is 4.99 Å². The summed E-state index contributed by atoms with van der Waals surface area (Å²) in [6.07, 6.45) is 0.629. The van der Waals surface area contributed by atoms with Gasteiger partial charge in [-0.15, -0.1) is 0 Å². The van der Waals surface area contributed by atoms with E-state index < -0.39 is 17.5 Å². The Morgan fingerprint density at radius 2 is 1.34 bits per heavy atom. The summed E-state index contributed by atoms with van der Waals surface area (Å²) in [4.78, 5) is 10.4. The molecule has 5 heteroatoms. The number of hydrogen-bond donors (Lipinski definition) is 0. The van der Waals surface area contributed by atoms with Gasteiger partial charge in [-0.05, 0) is 187 Å². The lowest BCUT2D eigenvalue weighted by Crippen LogP contribution is -2.53. The fraction of sp³-hybridized carbons (Fsp3) is 0.400. The van der Waals surface area contributed by atoms with E-state index in [2.05, 4.69) is 181 Å². The number of fused-ring (bicyclic) bond motifs is 5. The van der Waals surface area contributed by atoms with E-state index in [4.69, 9.17) is 19.5 Å². The molecule has 2 aromatic heterocycles. The predicted octanol–water partition coefficient (Wildman–Crippen LogP) is 15.5. The molecule has 65 heavy (non-hydrogen) atoms. The first kappa shape index (κ1) is 42.0. The van der Waals surface area contributed by atoms with Crippen LogP contribution in [0.2, 0.25) is 0 Å². The zero-order valence-electron chi connectivity index (χ0n) is 43.9. The van der Waals surface area contributed by atoms with E-state index in [1.54, 1.807) is 0 Å². The van der Waals surface area contributed by atoms with Crippen LogP contribution in [-0.2, 0) is 33.8 Å². The molecule has 0 spiro atoms. The second-order valence-electron chi connectivity index (χ2n) is 22.8. The molecular weight excluding hydrogens is 795 g/mol. The monoisotopic (exact) mass is 866 g/mol. The van der Waals surface area contributed by atoms with Crippen molar-refractivity contribution in [1.82, 2.24) is 9.55 Å². The summed E-state index contributed by atoms with van der Waals surface area (Å²) in [5.74, 6) is 1.76. The van der Waals surface area contributed by atoms with Crippen molar-refractivity contribution >= 4 is 27.8 Å². The smallest absolute Gasteiger partial charge is 0.217 e. The number of benzene rings is 5. The third-order valence-corrected chi connectivity index (χ3v) is 14.3. The fourth-order valence-corrected chi connectivity index (χ4v) is 11.0. The average Bonchev–Trinajstić information content (AvgIpc) is 3.69. The van der Waals surface area contributed by atoms with Gasteiger partial charge < -0.3 is 9.47 Å². The molecule has 0 fully saturated rings. The summed E-state index contributed by atoms with van der Waals surface area (Å²) in [6.45, 7) is 37.1. The number of aromatic nitrogens is 2. The van der Waals surface area contributed by atoms with E-state index in [0.29, 0.717) is 29.4 Å². The number of rotatable bonds is 5. The Balaban J connectivity index is 1.22. The van der Waals surface area contributed by atoms with Crippen LogP contribution in [0.4, 0.5) is 0 Å². The van der Waals surface area contributed by atoms with E-state index in [-0.39, 0.29) is 16.2 Å². The van der Waals surface area contributed by atoms with Crippen molar-refractivity contribution in [3.05, 3.63) is 152 Å². The van der Waals surface area contributed by atoms with Gasteiger partial charge >= 0.3 is 0 Å². The van der Waals surface area contributed by atoms with Crippen LogP contribution in [0.3, 0.4) is 0 Å². The number of aliphatic imine (C=N–C) groups is 1. The van der Waals surface area contributed by atoms with Crippen LogP contribution in [-0.4, -0.2) is 26.6 Å². The van der Waals surface area contributed by atoms with Crippen molar-refractivity contribution in [3.63, 3.8) is 0 Å². The van der Waals surface area contributed by atoms with Crippen molar-refractivity contribution in [3.8, 4) is 28.3 Å². The number of ether oxygens (including phenoxy) is 2. The van der Waals surface area contributed by atoms with Gasteiger partial charge in [0.2, 0.25) is 5.90 Å². The second kappa shape index (κ2) is 14.9. The van der Waals surface area contributed by atoms with Gasteiger partial charge in [0, 0.05) is 44.1 Å². The molecule has 2 aliphatic rings. The lowest BCUT2D eigenvalue weighted by atomic mass is 9.66. The molecule has 3 heterocycles. The van der Waals surface area contributed by atoms with Crippen LogP contribution < -0.4 is 4.74 Å². The lowest BCUT2D eigenvalue weighted by molar-refractivity contribution is 0.0270. The van der Waals surface area contributed by atoms with E-state index >= 15 is 0 Å². The molecule has 1 aliphatic heterocycles. The van der Waals surface area contributed by atoms with Crippen LogP contribution in [0.5, 0.6) is 11.5 Å². The zero-order valence-corrected chi connectivity index (χ0v) is 41.9. The molecule has 2 atom stereocenters. The molecule has 0 unspecified atom stereocenters. The van der Waals surface area contributed by atoms with Crippen molar-refractivity contribution in [1.29, 1.82) is 0 Å². The second-order valence-corrected chi connectivity index (χ2v) is 22.8. The summed E-state index contributed by atoms with van der Waals surface area (Å²) in [7, 11) is 0. The van der Waals surface area contributed by atoms with Gasteiger partial charge in [0.25, 0.3) is 0 Å². The molecule has 0 saturated heterocycles. The Morgan fingerprint density at radius 3 is 2.00 bits per heavy atom. The van der Waals surface area contributed by atoms with Crippen LogP contribution in [0.1, 0.15) is 146 Å². The predicted molar refractivity (Wildman–Crippen MR) is 273 cm³/mol. The first-order valence-electron chi connectivity index (χ1n) is 24.4. The standard InChI is InChI=1S/C60H69N3O2/c1-34-22-36(3)51(37(4)23-34)40-25-41(55-62-59(16)32-42-24-38(5)53(58(13,14)15)39(6)49(42)33-60(59,17)65-55)27-46(26-40)64-47-29-44(57(10,11)12)28-45(31-47)63-50-19-18-43(56(7,8)9)30-48(50)52-35(2)20-21-61-54(52)63/h18-31H,32-33H2,1-17H3/t59-,60-/m0/s1/i32D2. The van der Waals surface area contributed by atoms with E-state index in [0.717, 1.165) is 72.3 Å². The Morgan fingerprint density at radius 1 is 0.677 bits per heavy atom. The van der Waals surface area contributed by atoms with Gasteiger partial charge in [-0.25, -0.2) is 9.98 Å². The minimum Gasteiger partial charge on any atom is -0.468 e. The van der Waals surface area contributed by atoms with Crippen molar-refractivity contribution < 1.29 is 12.2 Å². The highest BCUT2D eigenvalue weighted by Crippen LogP contribution is 2.49. The minimum atomic E-state index is -1.82. The van der Waals surface area contributed by atoms with Crippen LogP contribution in [0.25, 0.3) is 38.8 Å². The number of nitrogens with zero attached hydrogens (tertiary/aromatic N) is 3. The van der Waals surface area contributed by atoms with E-state index in [9.17, 15) is 2.74 Å². The summed E-state index contributed by atoms with van der Waals surface area (Å²) in [5, 5.41) is 2.34. The molecule has 0 N–H and O–H groups in total. The normalized spacial score (nSPS) is 20.0. The first-order valence-corrected chi connectivity index (χ1v) is 23.4. The topological polar surface area (TPSA) is 48.6 Å². The molecule has 0 radical (unpaired) electrons. The van der Waals surface area contributed by atoms with Crippen LogP contribution >= 0.6 is 0 Å². The summed E-state index contributed by atoms with van der Waals surface area (Å²) < 4.78 is 36.4. The molecule has 9 rings (SSSR count). The van der Waals surface area contributed by atoms with Gasteiger partial charge in [0.15, 0.2) is 0 Å². The molecule has 5 aromatic carbocycles. The Hall–Kier alpha value is -5.68. The average molecular weight is 866 g/mol. The van der Waals surface area contributed by atoms with Gasteiger partial charge in [0.05, 0.1) is 11.2 Å². The molecule has 7 aromatic rings. The molecule has 0 bridgehead atoms. The molecule has 336 valence electrons. The molecular formula is C60H69N3O2. The number of pyridine rings is 1. The number of aryl methyl sites for hydroxylation is 5. The van der Waals surface area contributed by atoms with Crippen molar-refractivity contribution in [2.45, 2.75) is 158 Å². The third kappa shape index (κ3) is 7.57. The maximum Gasteiger partial charge on any atom is 0.217 e. The van der Waals surface area contributed by atoms with Crippen LogP contribution in [0, 0.1) is 41.5 Å². The Labute approximate surface area is 391 Å². The highest BCUT2D eigenvalue weighted by molar-refractivity contribution is 6.09. The molecule has 1 aliphatic carbocycles.